The number of amides is 2. The minimum absolute atomic E-state index is 0.0160. The zero-order valence-corrected chi connectivity index (χ0v) is 12.6. The minimum Gasteiger partial charge on any atom is -0.480 e. The number of carboxylic acids is 1. The maximum Gasteiger partial charge on any atom is 0.327 e. The van der Waals surface area contributed by atoms with Crippen molar-refractivity contribution in [2.75, 3.05) is 32.1 Å². The summed E-state index contributed by atoms with van der Waals surface area (Å²) < 4.78 is 5.35. The van der Waals surface area contributed by atoms with Crippen LogP contribution in [0, 0.1) is 0 Å². The Balaban J connectivity index is 2.10. The van der Waals surface area contributed by atoms with Gasteiger partial charge in [-0.25, -0.2) is 9.59 Å². The number of urea groups is 1. The normalized spacial score (nSPS) is 27.4. The highest BCUT2D eigenvalue weighted by molar-refractivity contribution is 8.00. The van der Waals surface area contributed by atoms with Crippen LogP contribution in [0.3, 0.4) is 0 Å². The summed E-state index contributed by atoms with van der Waals surface area (Å²) in [4.78, 5) is 27.3. The second kappa shape index (κ2) is 7.17. The number of nitrogens with zero attached hydrogens (tertiary/aromatic N) is 2. The molecule has 6 nitrogen and oxygen atoms in total. The first-order chi connectivity index (χ1) is 9.65. The van der Waals surface area contributed by atoms with Gasteiger partial charge in [-0.1, -0.05) is 13.3 Å². The molecule has 2 amide bonds. The monoisotopic (exact) mass is 302 g/mol. The fourth-order valence-corrected chi connectivity index (χ4v) is 4.09. The van der Waals surface area contributed by atoms with E-state index in [-0.39, 0.29) is 11.4 Å². The SMILES string of the molecule is CCCC1SCC(C(=O)O)N1C(=O)N1CCCOCC1. The number of aliphatic carboxylic acids is 1. The molecule has 0 aromatic carbocycles. The number of carbonyl (C=O) groups is 2. The second-order valence-electron chi connectivity index (χ2n) is 5.07. The fourth-order valence-electron chi connectivity index (χ4n) is 2.58. The molecule has 0 spiro atoms. The van der Waals surface area contributed by atoms with Crippen LogP contribution in [-0.2, 0) is 9.53 Å². The predicted molar refractivity (Wildman–Crippen MR) is 76.8 cm³/mol. The molecule has 2 rings (SSSR count). The van der Waals surface area contributed by atoms with E-state index in [1.54, 1.807) is 21.6 Å². The molecule has 2 saturated heterocycles. The van der Waals surface area contributed by atoms with E-state index in [0.717, 1.165) is 19.3 Å². The van der Waals surface area contributed by atoms with Crippen LogP contribution in [-0.4, -0.2) is 70.4 Å². The van der Waals surface area contributed by atoms with Gasteiger partial charge >= 0.3 is 12.0 Å². The lowest BCUT2D eigenvalue weighted by Gasteiger charge is -2.32. The summed E-state index contributed by atoms with van der Waals surface area (Å²) in [5, 5.41) is 9.31. The van der Waals surface area contributed by atoms with Gasteiger partial charge in [0.1, 0.15) is 6.04 Å². The molecule has 2 atom stereocenters. The first kappa shape index (κ1) is 15.4. The quantitative estimate of drug-likeness (QED) is 0.854. The zero-order chi connectivity index (χ0) is 14.5. The maximum atomic E-state index is 12.7. The lowest BCUT2D eigenvalue weighted by molar-refractivity contribution is -0.141. The van der Waals surface area contributed by atoms with Crippen LogP contribution < -0.4 is 0 Å². The third-order valence-corrected chi connectivity index (χ3v) is 4.98. The molecule has 2 heterocycles. The number of hydrogen-bond acceptors (Lipinski definition) is 4. The van der Waals surface area contributed by atoms with Gasteiger partial charge in [0, 0.05) is 25.4 Å². The number of carbonyl (C=O) groups excluding carboxylic acids is 1. The number of rotatable bonds is 3. The lowest BCUT2D eigenvalue weighted by atomic mass is 10.2. The summed E-state index contributed by atoms with van der Waals surface area (Å²) >= 11 is 1.58. The molecule has 114 valence electrons. The van der Waals surface area contributed by atoms with Crippen molar-refractivity contribution in [1.29, 1.82) is 0 Å². The molecular weight excluding hydrogens is 280 g/mol. The first-order valence-corrected chi connectivity index (χ1v) is 8.19. The Morgan fingerprint density at radius 1 is 1.35 bits per heavy atom. The average molecular weight is 302 g/mol. The van der Waals surface area contributed by atoms with Gasteiger partial charge in [0.15, 0.2) is 0 Å². The summed E-state index contributed by atoms with van der Waals surface area (Å²) in [6.45, 7) is 4.44. The Hall–Kier alpha value is -0.950. The molecule has 2 aliphatic heterocycles. The van der Waals surface area contributed by atoms with E-state index in [4.69, 9.17) is 4.74 Å². The number of thioether (sulfide) groups is 1. The van der Waals surface area contributed by atoms with Gasteiger partial charge in [0.2, 0.25) is 0 Å². The molecule has 0 bridgehead atoms. The van der Waals surface area contributed by atoms with Crippen molar-refractivity contribution in [3.8, 4) is 0 Å². The molecular formula is C13H22N2O4S. The van der Waals surface area contributed by atoms with E-state index < -0.39 is 12.0 Å². The van der Waals surface area contributed by atoms with E-state index in [0.29, 0.717) is 32.1 Å². The molecule has 1 N–H and O–H groups in total. The van der Waals surface area contributed by atoms with Crippen LogP contribution in [0.25, 0.3) is 0 Å². The van der Waals surface area contributed by atoms with Gasteiger partial charge in [-0.2, -0.15) is 0 Å². The molecule has 0 aromatic rings. The Morgan fingerprint density at radius 3 is 2.85 bits per heavy atom. The van der Waals surface area contributed by atoms with Gasteiger partial charge in [0.05, 0.1) is 12.0 Å². The van der Waals surface area contributed by atoms with Crippen molar-refractivity contribution in [3.63, 3.8) is 0 Å². The van der Waals surface area contributed by atoms with Crippen LogP contribution in [0.5, 0.6) is 0 Å². The summed E-state index contributed by atoms with van der Waals surface area (Å²) in [5.41, 5.74) is 0. The Kier molecular flexibility index (Phi) is 5.54. The molecule has 0 radical (unpaired) electrons. The molecule has 2 aliphatic rings. The molecule has 0 saturated carbocycles. The van der Waals surface area contributed by atoms with Crippen molar-refractivity contribution in [3.05, 3.63) is 0 Å². The zero-order valence-electron chi connectivity index (χ0n) is 11.8. The molecule has 2 fully saturated rings. The largest absolute Gasteiger partial charge is 0.480 e. The summed E-state index contributed by atoms with van der Waals surface area (Å²) in [7, 11) is 0. The van der Waals surface area contributed by atoms with Crippen LogP contribution in [0.15, 0.2) is 0 Å². The minimum atomic E-state index is -0.907. The maximum absolute atomic E-state index is 12.7. The Labute approximate surface area is 123 Å². The third-order valence-electron chi connectivity index (χ3n) is 3.63. The first-order valence-electron chi connectivity index (χ1n) is 7.14. The van der Waals surface area contributed by atoms with Crippen molar-refractivity contribution < 1.29 is 19.4 Å². The van der Waals surface area contributed by atoms with Crippen molar-refractivity contribution in [2.24, 2.45) is 0 Å². The van der Waals surface area contributed by atoms with Crippen molar-refractivity contribution in [1.82, 2.24) is 9.80 Å². The van der Waals surface area contributed by atoms with E-state index in [1.165, 1.54) is 0 Å². The Bertz CT molecular complexity index is 358. The lowest BCUT2D eigenvalue weighted by Crippen LogP contribution is -2.52. The second-order valence-corrected chi connectivity index (χ2v) is 6.28. The van der Waals surface area contributed by atoms with Crippen LogP contribution in [0.1, 0.15) is 26.2 Å². The van der Waals surface area contributed by atoms with Gasteiger partial charge in [-0.05, 0) is 12.8 Å². The standard InChI is InChI=1S/C13H22N2O4S/c1-2-4-11-15(10(9-20-11)12(16)17)13(18)14-5-3-7-19-8-6-14/h10-11H,2-9H2,1H3,(H,16,17). The molecule has 20 heavy (non-hydrogen) atoms. The third kappa shape index (κ3) is 3.38. The highest BCUT2D eigenvalue weighted by Gasteiger charge is 2.42. The van der Waals surface area contributed by atoms with E-state index in [9.17, 15) is 14.7 Å². The number of hydrogen-bond donors (Lipinski definition) is 1. The summed E-state index contributed by atoms with van der Waals surface area (Å²) in [6.07, 6.45) is 2.59. The van der Waals surface area contributed by atoms with E-state index >= 15 is 0 Å². The van der Waals surface area contributed by atoms with Crippen LogP contribution in [0.4, 0.5) is 4.79 Å². The molecule has 0 aliphatic carbocycles. The summed E-state index contributed by atoms with van der Waals surface area (Å²) in [6, 6.07) is -0.848. The van der Waals surface area contributed by atoms with Gasteiger partial charge < -0.3 is 14.7 Å². The number of carboxylic acid groups (broad SMARTS) is 1. The van der Waals surface area contributed by atoms with Crippen molar-refractivity contribution >= 4 is 23.8 Å². The van der Waals surface area contributed by atoms with Crippen molar-refractivity contribution in [2.45, 2.75) is 37.6 Å². The Morgan fingerprint density at radius 2 is 2.15 bits per heavy atom. The fraction of sp³-hybridized carbons (Fsp3) is 0.846. The number of ether oxygens (including phenoxy) is 1. The molecule has 2 unspecified atom stereocenters. The predicted octanol–water partition coefficient (Wildman–Crippen LogP) is 1.46. The van der Waals surface area contributed by atoms with Gasteiger partial charge in [0.25, 0.3) is 0 Å². The smallest absolute Gasteiger partial charge is 0.327 e. The highest BCUT2D eigenvalue weighted by Crippen LogP contribution is 2.33. The summed E-state index contributed by atoms with van der Waals surface area (Å²) in [5.74, 6) is -0.425. The topological polar surface area (TPSA) is 70.1 Å². The highest BCUT2D eigenvalue weighted by atomic mass is 32.2. The van der Waals surface area contributed by atoms with E-state index in [2.05, 4.69) is 6.92 Å². The molecule has 0 aromatic heterocycles. The average Bonchev–Trinajstić information content (AvgIpc) is 2.66. The van der Waals surface area contributed by atoms with Crippen LogP contribution >= 0.6 is 11.8 Å². The van der Waals surface area contributed by atoms with Gasteiger partial charge in [-0.15, -0.1) is 11.8 Å². The van der Waals surface area contributed by atoms with Gasteiger partial charge in [-0.3, -0.25) is 4.90 Å². The molecule has 7 heteroatoms. The van der Waals surface area contributed by atoms with E-state index in [1.807, 2.05) is 0 Å². The van der Waals surface area contributed by atoms with Crippen LogP contribution in [0.2, 0.25) is 0 Å².